The number of sulfonamides is 2. The largest absolute Gasteiger partial charge is 0.492 e. The van der Waals surface area contributed by atoms with Crippen LogP contribution in [-0.2, 0) is 31.3 Å². The van der Waals surface area contributed by atoms with Gasteiger partial charge in [-0.25, -0.2) is 21.6 Å². The number of ether oxygens (including phenoxy) is 3. The molecule has 2 fully saturated rings. The predicted molar refractivity (Wildman–Crippen MR) is 192 cm³/mol. The van der Waals surface area contributed by atoms with Gasteiger partial charge in [-0.1, -0.05) is 50.2 Å². The van der Waals surface area contributed by atoms with Gasteiger partial charge in [0.15, 0.2) is 0 Å². The van der Waals surface area contributed by atoms with E-state index < -0.39 is 31.8 Å². The third-order valence-corrected chi connectivity index (χ3v) is 12.5. The van der Waals surface area contributed by atoms with Crippen LogP contribution in [-0.4, -0.2) is 96.5 Å². The molecular weight excluding hydrogens is 681 g/mol. The molecule has 2 aliphatic heterocycles. The topological polar surface area (TPSA) is 156 Å². The molecule has 5 rings (SSSR count). The first-order valence-electron chi connectivity index (χ1n) is 17.2. The van der Waals surface area contributed by atoms with Crippen molar-refractivity contribution < 1.29 is 36.2 Å². The molecule has 4 N–H and O–H groups in total. The van der Waals surface area contributed by atoms with Crippen LogP contribution in [0.2, 0.25) is 0 Å². The van der Waals surface area contributed by atoms with E-state index in [1.165, 1.54) is 23.5 Å². The van der Waals surface area contributed by atoms with E-state index >= 15 is 0 Å². The minimum atomic E-state index is -3.85. The molecule has 2 atom stereocenters. The van der Waals surface area contributed by atoms with Crippen molar-refractivity contribution in [1.29, 1.82) is 0 Å². The fourth-order valence-electron chi connectivity index (χ4n) is 6.30. The second kappa shape index (κ2) is 16.5. The van der Waals surface area contributed by atoms with Crippen LogP contribution in [0.15, 0.2) is 76.5 Å². The second-order valence-electron chi connectivity index (χ2n) is 13.2. The highest BCUT2D eigenvalue weighted by Crippen LogP contribution is 2.39. The Hall–Kier alpha value is -3.08. The molecule has 0 amide bonds. The predicted octanol–water partition coefficient (Wildman–Crippen LogP) is 3.50. The summed E-state index contributed by atoms with van der Waals surface area (Å²) in [7, 11) is -6.12. The zero-order valence-electron chi connectivity index (χ0n) is 29.2. The van der Waals surface area contributed by atoms with Gasteiger partial charge in [-0.05, 0) is 74.2 Å². The lowest BCUT2D eigenvalue weighted by atomic mass is 9.88. The molecule has 1 spiro atoms. The van der Waals surface area contributed by atoms with E-state index in [1.807, 2.05) is 25.1 Å². The molecule has 1 unspecified atom stereocenters. The molecule has 3 aromatic rings. The van der Waals surface area contributed by atoms with Crippen molar-refractivity contribution in [3.05, 3.63) is 72.3 Å². The number of aliphatic hydroxyl groups is 1. The number of rotatable bonds is 16. The molecule has 0 bridgehead atoms. The maximum absolute atomic E-state index is 14.1. The smallest absolute Gasteiger partial charge is 0.246 e. The lowest BCUT2D eigenvalue weighted by molar-refractivity contribution is -0.0312. The summed E-state index contributed by atoms with van der Waals surface area (Å²) in [6, 6.07) is 20.0. The first-order valence-corrected chi connectivity index (χ1v) is 20.1. The van der Waals surface area contributed by atoms with Gasteiger partial charge in [0.05, 0.1) is 23.7 Å². The van der Waals surface area contributed by atoms with Gasteiger partial charge in [-0.3, -0.25) is 0 Å². The van der Waals surface area contributed by atoms with E-state index in [9.17, 15) is 21.9 Å². The number of nitrogens with zero attached hydrogens (tertiary/aromatic N) is 1. The number of nitrogens with one attached hydrogen (secondary N) is 3. The van der Waals surface area contributed by atoms with E-state index in [1.54, 1.807) is 24.3 Å². The first kappa shape index (κ1) is 38.2. The number of piperidine rings is 1. The van der Waals surface area contributed by atoms with Gasteiger partial charge >= 0.3 is 0 Å². The number of hydrogen-bond acceptors (Lipinski definition) is 10. The summed E-state index contributed by atoms with van der Waals surface area (Å²) in [5.74, 6) is 0.684. The summed E-state index contributed by atoms with van der Waals surface area (Å²) in [4.78, 5) is 0.244. The second-order valence-corrected chi connectivity index (χ2v) is 17.0. The zero-order chi connectivity index (χ0) is 35.9. The van der Waals surface area contributed by atoms with E-state index in [4.69, 9.17) is 14.2 Å². The monoisotopic (exact) mass is 730 g/mol. The van der Waals surface area contributed by atoms with Crippen molar-refractivity contribution in [2.45, 2.75) is 80.2 Å². The highest BCUT2D eigenvalue weighted by molar-refractivity contribution is 7.89. The molecule has 2 saturated heterocycles. The molecule has 12 nitrogen and oxygen atoms in total. The molecule has 274 valence electrons. The van der Waals surface area contributed by atoms with Crippen LogP contribution in [0.5, 0.6) is 11.5 Å². The maximum atomic E-state index is 14.1. The Bertz CT molecular complexity index is 1790. The number of benzene rings is 3. The van der Waals surface area contributed by atoms with Crippen LogP contribution in [0.1, 0.15) is 45.6 Å². The van der Waals surface area contributed by atoms with E-state index in [2.05, 4.69) is 41.3 Å². The molecule has 2 heterocycles. The summed E-state index contributed by atoms with van der Waals surface area (Å²) in [5.41, 5.74) is 2.45. The van der Waals surface area contributed by atoms with Crippen LogP contribution < -0.4 is 24.8 Å². The van der Waals surface area contributed by atoms with E-state index in [-0.39, 0.29) is 29.0 Å². The molecule has 3 aromatic carbocycles. The minimum absolute atomic E-state index is 0.00862. The zero-order valence-corrected chi connectivity index (χ0v) is 30.9. The Kier molecular flexibility index (Phi) is 12.6. The highest BCUT2D eigenvalue weighted by atomic mass is 32.2. The Morgan fingerprint density at radius 1 is 0.980 bits per heavy atom. The van der Waals surface area contributed by atoms with Crippen molar-refractivity contribution in [1.82, 2.24) is 19.7 Å². The molecular formula is C36H50N4O8S2. The van der Waals surface area contributed by atoms with Crippen LogP contribution >= 0.6 is 0 Å². The summed E-state index contributed by atoms with van der Waals surface area (Å²) in [6.07, 6.45) is 0.966. The summed E-state index contributed by atoms with van der Waals surface area (Å²) < 4.78 is 73.8. The minimum Gasteiger partial charge on any atom is -0.492 e. The average Bonchev–Trinajstić information content (AvgIpc) is 3.51. The van der Waals surface area contributed by atoms with Crippen molar-refractivity contribution in [3.63, 3.8) is 0 Å². The lowest BCUT2D eigenvalue weighted by Gasteiger charge is -2.38. The van der Waals surface area contributed by atoms with E-state index in [0.29, 0.717) is 63.1 Å². The first-order chi connectivity index (χ1) is 23.8. The Balaban J connectivity index is 1.15. The van der Waals surface area contributed by atoms with Crippen LogP contribution in [0.25, 0.3) is 11.1 Å². The fraction of sp³-hybridized carbons (Fsp3) is 0.500. The van der Waals surface area contributed by atoms with Crippen LogP contribution in [0.4, 0.5) is 0 Å². The van der Waals surface area contributed by atoms with Crippen molar-refractivity contribution in [2.75, 3.05) is 46.5 Å². The van der Waals surface area contributed by atoms with Gasteiger partial charge in [-0.15, -0.1) is 0 Å². The van der Waals surface area contributed by atoms with E-state index in [0.717, 1.165) is 23.2 Å². The van der Waals surface area contributed by atoms with Crippen molar-refractivity contribution in [2.24, 2.45) is 0 Å². The Morgan fingerprint density at radius 3 is 2.38 bits per heavy atom. The Labute approximate surface area is 296 Å². The quantitative estimate of drug-likeness (QED) is 0.172. The molecule has 14 heteroatoms. The Morgan fingerprint density at radius 2 is 1.70 bits per heavy atom. The molecule has 0 aliphatic carbocycles. The average molecular weight is 731 g/mol. The normalized spacial score (nSPS) is 18.8. The lowest BCUT2D eigenvalue weighted by Crippen LogP contribution is -2.47. The summed E-state index contributed by atoms with van der Waals surface area (Å²) in [5, 5.41) is 17.3. The molecule has 0 saturated carbocycles. The SMILES string of the molecule is CCOc1ccc(-c2ccc(CNC(C)C)cc2)cc1S(=O)(=O)N1CCC2(CC1)C[C@@H](NCC(O)COc1cccc(S(=O)(=O)NC)c1)CO2. The standard InChI is InChI=1S/C36H50N4O8S2/c1-5-46-34-14-13-29(28-11-9-27(10-12-28)22-38-26(2)3)19-35(34)50(44,45)40-17-15-36(16-18-40)21-30(24-48-36)39-23-31(41)25-47-32-7-6-8-33(20-32)49(42,43)37-4/h6-14,19-20,26,30-31,37-39,41H,5,15-18,21-25H2,1-4H3/t30-,31?/m1/s1. The van der Waals surface area contributed by atoms with Gasteiger partial charge in [-0.2, -0.15) is 4.31 Å². The molecule has 50 heavy (non-hydrogen) atoms. The van der Waals surface area contributed by atoms with Gasteiger partial charge in [0.1, 0.15) is 29.1 Å². The van der Waals surface area contributed by atoms with Gasteiger partial charge in [0, 0.05) is 44.3 Å². The summed E-state index contributed by atoms with van der Waals surface area (Å²) in [6.45, 7) is 8.49. The van der Waals surface area contributed by atoms with Crippen molar-refractivity contribution in [3.8, 4) is 22.6 Å². The van der Waals surface area contributed by atoms with Crippen LogP contribution in [0.3, 0.4) is 0 Å². The van der Waals surface area contributed by atoms with Gasteiger partial charge < -0.3 is 30.0 Å². The van der Waals surface area contributed by atoms with Crippen LogP contribution in [0, 0.1) is 0 Å². The van der Waals surface area contributed by atoms with Gasteiger partial charge in [0.25, 0.3) is 0 Å². The molecule has 2 aliphatic rings. The van der Waals surface area contributed by atoms with Gasteiger partial charge in [0.2, 0.25) is 20.0 Å². The molecule has 0 aromatic heterocycles. The fourth-order valence-corrected chi connectivity index (χ4v) is 8.66. The molecule has 0 radical (unpaired) electrons. The third-order valence-electron chi connectivity index (χ3n) is 9.17. The summed E-state index contributed by atoms with van der Waals surface area (Å²) >= 11 is 0. The highest BCUT2D eigenvalue weighted by Gasteiger charge is 2.45. The third kappa shape index (κ3) is 9.42. The number of aliphatic hydroxyl groups excluding tert-OH is 1. The maximum Gasteiger partial charge on any atom is 0.246 e. The number of hydrogen-bond donors (Lipinski definition) is 4. The van der Waals surface area contributed by atoms with Crippen molar-refractivity contribution >= 4 is 20.0 Å².